The van der Waals surface area contributed by atoms with Gasteiger partial charge in [-0.05, 0) is 6.92 Å². The van der Waals surface area contributed by atoms with Gasteiger partial charge in [-0.25, -0.2) is 4.98 Å². The van der Waals surface area contributed by atoms with Crippen molar-refractivity contribution in [1.82, 2.24) is 29.2 Å². The van der Waals surface area contributed by atoms with Crippen LogP contribution in [0, 0.1) is 6.92 Å². The third-order valence-corrected chi connectivity index (χ3v) is 4.37. The first kappa shape index (κ1) is 15.4. The third kappa shape index (κ3) is 2.48. The van der Waals surface area contributed by atoms with E-state index in [0.717, 1.165) is 11.3 Å². The van der Waals surface area contributed by atoms with E-state index in [0.29, 0.717) is 22.8 Å². The minimum absolute atomic E-state index is 0.285. The van der Waals surface area contributed by atoms with Gasteiger partial charge in [0.1, 0.15) is 5.82 Å². The molecule has 2 aromatic carbocycles. The molecule has 0 spiro atoms. The smallest absolute Gasteiger partial charge is 0.265 e. The number of fused-ring (bicyclic) bond motifs is 3. The highest BCUT2D eigenvalue weighted by atomic mass is 16.1. The fraction of sp³-hybridized carbons (Fsp3) is 0.0500. The topological polar surface area (TPSA) is 77.4 Å². The standard InChI is InChI=1S/C20H14N6O/c1-13-21-17-12-16(14-8-4-2-5-9-14)23-26(17)20-22-19(27)18(24-25(13)20)15-10-6-3-7-11-15/h2-12H,1H3. The monoisotopic (exact) mass is 354 g/mol. The number of benzene rings is 2. The van der Waals surface area contributed by atoms with E-state index in [4.69, 9.17) is 0 Å². The summed E-state index contributed by atoms with van der Waals surface area (Å²) in [4.78, 5) is 21.4. The van der Waals surface area contributed by atoms with Crippen LogP contribution in [0.3, 0.4) is 0 Å². The zero-order valence-electron chi connectivity index (χ0n) is 14.4. The van der Waals surface area contributed by atoms with Gasteiger partial charge >= 0.3 is 5.56 Å². The molecule has 5 rings (SSSR count). The van der Waals surface area contributed by atoms with Crippen molar-refractivity contribution >= 4 is 11.4 Å². The van der Waals surface area contributed by atoms with E-state index >= 15 is 0 Å². The van der Waals surface area contributed by atoms with Gasteiger partial charge in [-0.2, -0.15) is 24.2 Å². The molecule has 130 valence electrons. The minimum atomic E-state index is -0.398. The Morgan fingerprint density at radius 3 is 2.15 bits per heavy atom. The molecule has 0 aliphatic carbocycles. The first-order valence-corrected chi connectivity index (χ1v) is 8.49. The Hall–Kier alpha value is -3.87. The lowest BCUT2D eigenvalue weighted by Gasteiger charge is -2.07. The Balaban J connectivity index is 1.79. The lowest BCUT2D eigenvalue weighted by atomic mass is 10.2. The number of aryl methyl sites for hydroxylation is 1. The summed E-state index contributed by atoms with van der Waals surface area (Å²) in [5.41, 5.74) is 2.95. The van der Waals surface area contributed by atoms with Crippen LogP contribution in [0.1, 0.15) is 5.82 Å². The Morgan fingerprint density at radius 1 is 0.778 bits per heavy atom. The van der Waals surface area contributed by atoms with Crippen LogP contribution in [0.5, 0.6) is 0 Å². The maximum absolute atomic E-state index is 12.6. The summed E-state index contributed by atoms with van der Waals surface area (Å²) < 4.78 is 3.11. The van der Waals surface area contributed by atoms with Crippen molar-refractivity contribution in [3.63, 3.8) is 0 Å². The Kier molecular flexibility index (Phi) is 3.33. The summed E-state index contributed by atoms with van der Waals surface area (Å²) in [5.74, 6) is 0.964. The van der Waals surface area contributed by atoms with E-state index in [9.17, 15) is 4.79 Å². The zero-order valence-corrected chi connectivity index (χ0v) is 14.4. The number of rotatable bonds is 2. The maximum atomic E-state index is 12.6. The zero-order chi connectivity index (χ0) is 18.4. The first-order chi connectivity index (χ1) is 13.2. The fourth-order valence-electron chi connectivity index (χ4n) is 3.07. The maximum Gasteiger partial charge on any atom is 0.301 e. The number of hydrogen-bond donors (Lipinski definition) is 0. The Morgan fingerprint density at radius 2 is 1.44 bits per heavy atom. The molecule has 0 radical (unpaired) electrons. The molecular formula is C20H14N6O. The molecule has 5 aromatic rings. The second kappa shape index (κ2) is 5.84. The molecule has 0 bridgehead atoms. The van der Waals surface area contributed by atoms with Crippen molar-refractivity contribution in [1.29, 1.82) is 0 Å². The van der Waals surface area contributed by atoms with E-state index in [1.807, 2.05) is 73.7 Å². The van der Waals surface area contributed by atoms with Crippen LogP contribution in [0.15, 0.2) is 71.5 Å². The van der Waals surface area contributed by atoms with Gasteiger partial charge in [-0.3, -0.25) is 4.79 Å². The van der Waals surface area contributed by atoms with Gasteiger partial charge in [0.2, 0.25) is 0 Å². The summed E-state index contributed by atoms with van der Waals surface area (Å²) in [5, 5.41) is 9.08. The molecule has 0 unspecified atom stereocenters. The highest BCUT2D eigenvalue weighted by molar-refractivity contribution is 5.65. The largest absolute Gasteiger partial charge is 0.301 e. The Labute approximate surface area is 153 Å². The van der Waals surface area contributed by atoms with Gasteiger partial charge < -0.3 is 0 Å². The van der Waals surface area contributed by atoms with Crippen molar-refractivity contribution in [3.05, 3.63) is 82.9 Å². The molecule has 0 N–H and O–H groups in total. The molecule has 0 aliphatic rings. The van der Waals surface area contributed by atoms with Crippen LogP contribution in [0.2, 0.25) is 0 Å². The highest BCUT2D eigenvalue weighted by Crippen LogP contribution is 2.20. The number of nitrogens with zero attached hydrogens (tertiary/aromatic N) is 6. The third-order valence-electron chi connectivity index (χ3n) is 4.37. The summed E-state index contributed by atoms with van der Waals surface area (Å²) in [6, 6.07) is 21.0. The highest BCUT2D eigenvalue weighted by Gasteiger charge is 2.15. The molecule has 3 aromatic heterocycles. The van der Waals surface area contributed by atoms with E-state index in [-0.39, 0.29) is 5.69 Å². The van der Waals surface area contributed by atoms with Crippen molar-refractivity contribution in [3.8, 4) is 22.5 Å². The number of aromatic nitrogens is 6. The molecule has 7 heteroatoms. The quantitative estimate of drug-likeness (QED) is 0.487. The Bertz CT molecular complexity index is 1340. The van der Waals surface area contributed by atoms with E-state index < -0.39 is 5.56 Å². The molecular weight excluding hydrogens is 340 g/mol. The van der Waals surface area contributed by atoms with Crippen LogP contribution < -0.4 is 5.56 Å². The summed E-state index contributed by atoms with van der Waals surface area (Å²) in [6.45, 7) is 1.83. The van der Waals surface area contributed by atoms with E-state index in [1.54, 1.807) is 9.03 Å². The number of hydrogen-bond acceptors (Lipinski definition) is 5. The average Bonchev–Trinajstić information content (AvgIpc) is 3.13. The average molecular weight is 354 g/mol. The molecule has 0 saturated heterocycles. The van der Waals surface area contributed by atoms with E-state index in [1.165, 1.54) is 0 Å². The van der Waals surface area contributed by atoms with Gasteiger partial charge in [0.25, 0.3) is 5.78 Å². The SMILES string of the molecule is Cc1nc2cc(-c3ccccc3)nn2c2nc(=O)c(-c3ccccc3)nn12. The second-order valence-electron chi connectivity index (χ2n) is 6.17. The van der Waals surface area contributed by atoms with Gasteiger partial charge in [-0.1, -0.05) is 60.7 Å². The lowest BCUT2D eigenvalue weighted by Crippen LogP contribution is -2.20. The van der Waals surface area contributed by atoms with Crippen molar-refractivity contribution in [2.24, 2.45) is 0 Å². The van der Waals surface area contributed by atoms with Crippen LogP contribution in [-0.4, -0.2) is 29.2 Å². The van der Waals surface area contributed by atoms with Crippen molar-refractivity contribution in [2.75, 3.05) is 0 Å². The van der Waals surface area contributed by atoms with Crippen molar-refractivity contribution in [2.45, 2.75) is 6.92 Å². The van der Waals surface area contributed by atoms with E-state index in [2.05, 4.69) is 20.2 Å². The predicted octanol–water partition coefficient (Wildman–Crippen LogP) is 2.77. The minimum Gasteiger partial charge on any atom is -0.265 e. The molecule has 0 amide bonds. The van der Waals surface area contributed by atoms with Gasteiger partial charge in [-0.15, -0.1) is 0 Å². The molecule has 7 nitrogen and oxygen atoms in total. The fourth-order valence-corrected chi connectivity index (χ4v) is 3.07. The lowest BCUT2D eigenvalue weighted by molar-refractivity contribution is 0.760. The predicted molar refractivity (Wildman–Crippen MR) is 101 cm³/mol. The second-order valence-corrected chi connectivity index (χ2v) is 6.17. The van der Waals surface area contributed by atoms with Gasteiger partial charge in [0, 0.05) is 17.2 Å². The summed E-state index contributed by atoms with van der Waals surface area (Å²) >= 11 is 0. The van der Waals surface area contributed by atoms with Crippen LogP contribution in [0.4, 0.5) is 0 Å². The normalized spacial score (nSPS) is 11.3. The molecule has 27 heavy (non-hydrogen) atoms. The van der Waals surface area contributed by atoms with Crippen molar-refractivity contribution < 1.29 is 0 Å². The van der Waals surface area contributed by atoms with Crippen LogP contribution in [-0.2, 0) is 0 Å². The van der Waals surface area contributed by atoms with Crippen LogP contribution in [0.25, 0.3) is 33.9 Å². The molecule has 0 atom stereocenters. The molecule has 0 fully saturated rings. The summed E-state index contributed by atoms with van der Waals surface area (Å²) in [7, 11) is 0. The van der Waals surface area contributed by atoms with Gasteiger partial charge in [0.15, 0.2) is 11.3 Å². The van der Waals surface area contributed by atoms with Crippen LogP contribution >= 0.6 is 0 Å². The molecule has 3 heterocycles. The molecule has 0 aliphatic heterocycles. The first-order valence-electron chi connectivity index (χ1n) is 8.49. The summed E-state index contributed by atoms with van der Waals surface area (Å²) in [6.07, 6.45) is 0. The molecule has 0 saturated carbocycles. The van der Waals surface area contributed by atoms with Gasteiger partial charge in [0.05, 0.1) is 5.69 Å².